The average Bonchev–Trinajstić information content (AvgIpc) is 2.51. The summed E-state index contributed by atoms with van der Waals surface area (Å²) in [5.74, 6) is 0.801. The van der Waals surface area contributed by atoms with Gasteiger partial charge in [0.1, 0.15) is 6.17 Å². The van der Waals surface area contributed by atoms with Crippen LogP contribution in [-0.4, -0.2) is 49.1 Å². The standard InChI is InChI=1S/C21H43N3O2/c1-11-13-19(24(22-9)21(6,7)8)23-18(14-16(3)4)15-17(5)20(25-10)26-12-2/h16-17,19-20H,9,11-15H2,1-8,10H3. The topological polar surface area (TPSA) is 46.4 Å². The third kappa shape index (κ3) is 9.13. The van der Waals surface area contributed by atoms with Gasteiger partial charge in [0.15, 0.2) is 6.29 Å². The fourth-order valence-electron chi connectivity index (χ4n) is 3.22. The number of methoxy groups -OCH3 is 1. The van der Waals surface area contributed by atoms with Gasteiger partial charge < -0.3 is 9.47 Å². The summed E-state index contributed by atoms with van der Waals surface area (Å²) < 4.78 is 11.2. The highest BCUT2D eigenvalue weighted by Gasteiger charge is 2.27. The molecule has 0 saturated carbocycles. The van der Waals surface area contributed by atoms with E-state index in [1.807, 2.05) is 11.9 Å². The first kappa shape index (κ1) is 25.1. The van der Waals surface area contributed by atoms with Crippen molar-refractivity contribution in [1.29, 1.82) is 0 Å². The fourth-order valence-corrected chi connectivity index (χ4v) is 3.22. The van der Waals surface area contributed by atoms with Gasteiger partial charge in [0.2, 0.25) is 0 Å². The van der Waals surface area contributed by atoms with Gasteiger partial charge in [0.25, 0.3) is 0 Å². The van der Waals surface area contributed by atoms with Crippen LogP contribution in [0.2, 0.25) is 0 Å². The molecule has 0 aliphatic carbocycles. The van der Waals surface area contributed by atoms with E-state index in [-0.39, 0.29) is 23.9 Å². The van der Waals surface area contributed by atoms with Crippen molar-refractivity contribution < 1.29 is 9.47 Å². The smallest absolute Gasteiger partial charge is 0.160 e. The van der Waals surface area contributed by atoms with E-state index >= 15 is 0 Å². The summed E-state index contributed by atoms with van der Waals surface area (Å²) in [6.07, 6.45) is 3.69. The first-order chi connectivity index (χ1) is 12.1. The van der Waals surface area contributed by atoms with Gasteiger partial charge in [0, 0.05) is 32.1 Å². The Labute approximate surface area is 162 Å². The Balaban J connectivity index is 5.58. The minimum atomic E-state index is -0.196. The lowest BCUT2D eigenvalue weighted by Crippen LogP contribution is -2.44. The largest absolute Gasteiger partial charge is 0.356 e. The molecule has 154 valence electrons. The lowest BCUT2D eigenvalue weighted by atomic mass is 9.96. The summed E-state index contributed by atoms with van der Waals surface area (Å²) in [7, 11) is 1.71. The van der Waals surface area contributed by atoms with Crippen molar-refractivity contribution >= 4 is 12.4 Å². The fraction of sp³-hybridized carbons (Fsp3) is 0.905. The molecule has 0 aromatic rings. The van der Waals surface area contributed by atoms with E-state index in [2.05, 4.69) is 60.3 Å². The van der Waals surface area contributed by atoms with Gasteiger partial charge in [-0.2, -0.15) is 5.10 Å². The maximum Gasteiger partial charge on any atom is 0.160 e. The maximum atomic E-state index is 5.72. The first-order valence-corrected chi connectivity index (χ1v) is 10.1. The molecular formula is C21H43N3O2. The molecule has 0 spiro atoms. The van der Waals surface area contributed by atoms with Crippen molar-refractivity contribution in [1.82, 2.24) is 5.01 Å². The van der Waals surface area contributed by atoms with Crippen molar-refractivity contribution in [3.8, 4) is 0 Å². The van der Waals surface area contributed by atoms with Crippen molar-refractivity contribution in [3.63, 3.8) is 0 Å². The number of hydrogen-bond donors (Lipinski definition) is 0. The molecule has 0 fully saturated rings. The zero-order valence-electron chi connectivity index (χ0n) is 18.7. The summed E-state index contributed by atoms with van der Waals surface area (Å²) in [5, 5.41) is 6.34. The van der Waals surface area contributed by atoms with E-state index in [9.17, 15) is 0 Å². The van der Waals surface area contributed by atoms with Gasteiger partial charge in [-0.05, 0) is 52.9 Å². The molecular weight excluding hydrogens is 326 g/mol. The predicted octanol–water partition coefficient (Wildman–Crippen LogP) is 5.35. The molecule has 0 rings (SSSR count). The van der Waals surface area contributed by atoms with E-state index in [1.54, 1.807) is 7.11 Å². The van der Waals surface area contributed by atoms with E-state index < -0.39 is 0 Å². The van der Waals surface area contributed by atoms with E-state index in [0.29, 0.717) is 12.5 Å². The number of nitrogens with zero attached hydrogens (tertiary/aromatic N) is 3. The Morgan fingerprint density at radius 1 is 1.12 bits per heavy atom. The molecule has 0 heterocycles. The van der Waals surface area contributed by atoms with Crippen molar-refractivity contribution in [2.24, 2.45) is 21.9 Å². The van der Waals surface area contributed by atoms with Crippen LogP contribution in [0.3, 0.4) is 0 Å². The first-order valence-electron chi connectivity index (χ1n) is 10.1. The molecule has 5 heteroatoms. The molecule has 3 unspecified atom stereocenters. The Morgan fingerprint density at radius 2 is 1.73 bits per heavy atom. The Morgan fingerprint density at radius 3 is 2.12 bits per heavy atom. The zero-order valence-corrected chi connectivity index (χ0v) is 18.7. The second kappa shape index (κ2) is 12.4. The molecule has 0 bridgehead atoms. The van der Waals surface area contributed by atoms with Crippen molar-refractivity contribution in [2.75, 3.05) is 13.7 Å². The molecule has 0 aromatic heterocycles. The minimum Gasteiger partial charge on any atom is -0.356 e. The molecule has 5 nitrogen and oxygen atoms in total. The number of hydrogen-bond acceptors (Lipinski definition) is 5. The number of hydrazone groups is 1. The third-order valence-electron chi connectivity index (χ3n) is 4.23. The molecule has 0 saturated heterocycles. The van der Waals surface area contributed by atoms with Gasteiger partial charge in [-0.25, -0.2) is 0 Å². The van der Waals surface area contributed by atoms with E-state index in [4.69, 9.17) is 14.5 Å². The molecule has 0 aliphatic heterocycles. The second-order valence-corrected chi connectivity index (χ2v) is 8.46. The highest BCUT2D eigenvalue weighted by atomic mass is 16.7. The predicted molar refractivity (Wildman–Crippen MR) is 113 cm³/mol. The zero-order chi connectivity index (χ0) is 20.3. The molecule has 0 amide bonds. The van der Waals surface area contributed by atoms with Crippen LogP contribution in [-0.2, 0) is 9.47 Å². The lowest BCUT2D eigenvalue weighted by molar-refractivity contribution is -0.147. The van der Waals surface area contributed by atoms with E-state index in [1.165, 1.54) is 5.71 Å². The number of ether oxygens (including phenoxy) is 2. The molecule has 26 heavy (non-hydrogen) atoms. The summed E-state index contributed by atoms with van der Waals surface area (Å²) >= 11 is 0. The SMILES string of the molecule is C=NN(C(CCC)N=C(CC(C)C)CC(C)C(OC)OCC)C(C)(C)C. The maximum absolute atomic E-state index is 5.72. The van der Waals surface area contributed by atoms with E-state index in [0.717, 1.165) is 25.7 Å². The van der Waals surface area contributed by atoms with Gasteiger partial charge in [-0.15, -0.1) is 0 Å². The van der Waals surface area contributed by atoms with Crippen LogP contribution in [0.1, 0.15) is 81.1 Å². The summed E-state index contributed by atoms with van der Waals surface area (Å²) in [6.45, 7) is 21.7. The van der Waals surface area contributed by atoms with Crippen molar-refractivity contribution in [3.05, 3.63) is 0 Å². The second-order valence-electron chi connectivity index (χ2n) is 8.46. The van der Waals surface area contributed by atoms with Gasteiger partial charge >= 0.3 is 0 Å². The Kier molecular flexibility index (Phi) is 12.0. The average molecular weight is 370 g/mol. The van der Waals surface area contributed by atoms with Crippen LogP contribution >= 0.6 is 0 Å². The molecule has 0 aliphatic rings. The summed E-state index contributed by atoms with van der Waals surface area (Å²) in [4.78, 5) is 5.16. The molecule has 3 atom stereocenters. The quantitative estimate of drug-likeness (QED) is 0.250. The van der Waals surface area contributed by atoms with Gasteiger partial charge in [-0.3, -0.25) is 10.0 Å². The Bertz CT molecular complexity index is 416. The minimum absolute atomic E-state index is 0.0199. The highest BCUT2D eigenvalue weighted by molar-refractivity contribution is 5.85. The number of aliphatic imine (C=N–C) groups is 1. The monoisotopic (exact) mass is 369 g/mol. The van der Waals surface area contributed by atoms with Crippen LogP contribution in [0.5, 0.6) is 0 Å². The summed E-state index contributed by atoms with van der Waals surface area (Å²) in [6, 6.07) is 0. The molecule has 0 radical (unpaired) electrons. The molecule has 0 aromatic carbocycles. The number of rotatable bonds is 13. The molecule has 0 N–H and O–H groups in total. The van der Waals surface area contributed by atoms with Crippen LogP contribution in [0, 0.1) is 11.8 Å². The summed E-state index contributed by atoms with van der Waals surface area (Å²) in [5.41, 5.74) is 1.10. The van der Waals surface area contributed by atoms with Gasteiger partial charge in [-0.1, -0.05) is 34.1 Å². The third-order valence-corrected chi connectivity index (χ3v) is 4.23. The lowest BCUT2D eigenvalue weighted by Gasteiger charge is -2.38. The van der Waals surface area contributed by atoms with Crippen LogP contribution < -0.4 is 0 Å². The van der Waals surface area contributed by atoms with Crippen LogP contribution in [0.15, 0.2) is 10.1 Å². The normalized spacial score (nSPS) is 16.5. The highest BCUT2D eigenvalue weighted by Crippen LogP contribution is 2.24. The van der Waals surface area contributed by atoms with Crippen molar-refractivity contribution in [2.45, 2.75) is 99.1 Å². The Hall–Kier alpha value is -0.940. The van der Waals surface area contributed by atoms with Gasteiger partial charge in [0.05, 0.1) is 5.54 Å². The van der Waals surface area contributed by atoms with Crippen LogP contribution in [0.25, 0.3) is 0 Å². The van der Waals surface area contributed by atoms with Crippen LogP contribution in [0.4, 0.5) is 0 Å².